The predicted molar refractivity (Wildman–Crippen MR) is 57.8 cm³/mol. The van der Waals surface area contributed by atoms with Gasteiger partial charge < -0.3 is 20.6 Å². The summed E-state index contributed by atoms with van der Waals surface area (Å²) in [5.74, 6) is -0.714. The molecule has 0 aliphatic carbocycles. The summed E-state index contributed by atoms with van der Waals surface area (Å²) in [7, 11) is 1.50. The largest absolute Gasteiger partial charge is 0.396 e. The third-order valence-corrected chi connectivity index (χ3v) is 1.62. The minimum Gasteiger partial charge on any atom is -0.396 e. The van der Waals surface area contributed by atoms with Crippen LogP contribution in [0.3, 0.4) is 0 Å². The van der Waals surface area contributed by atoms with Crippen molar-refractivity contribution in [2.75, 3.05) is 26.8 Å². The third kappa shape index (κ3) is 8.95. The highest BCUT2D eigenvalue weighted by molar-refractivity contribution is 6.25. The van der Waals surface area contributed by atoms with Crippen LogP contribution in [0.4, 0.5) is 0 Å². The first-order valence-electron chi connectivity index (χ1n) is 4.95. The van der Waals surface area contributed by atoms with Crippen molar-refractivity contribution >= 4 is 18.0 Å². The lowest BCUT2D eigenvalue weighted by atomic mass is 10.3. The lowest BCUT2D eigenvalue weighted by molar-refractivity contribution is -0.123. The Kier molecular flexibility index (Phi) is 8.90. The van der Waals surface area contributed by atoms with E-state index in [9.17, 15) is 9.59 Å². The Labute approximate surface area is 93.8 Å². The van der Waals surface area contributed by atoms with Crippen LogP contribution in [0.5, 0.6) is 0 Å². The molecule has 0 rings (SSSR count). The van der Waals surface area contributed by atoms with Gasteiger partial charge in [-0.3, -0.25) is 9.59 Å². The second-order valence-corrected chi connectivity index (χ2v) is 2.90. The van der Waals surface area contributed by atoms with Crippen LogP contribution < -0.4 is 10.6 Å². The van der Waals surface area contributed by atoms with E-state index in [4.69, 9.17) is 9.94 Å². The lowest BCUT2D eigenvalue weighted by Gasteiger charge is -2.02. The van der Waals surface area contributed by atoms with Crippen LogP contribution in [0.15, 0.2) is 5.16 Å². The van der Waals surface area contributed by atoms with Crippen LogP contribution in [0, 0.1) is 0 Å². The number of aliphatic hydroxyl groups is 1. The molecule has 0 aliphatic rings. The van der Waals surface area contributed by atoms with Gasteiger partial charge in [0.25, 0.3) is 5.91 Å². The van der Waals surface area contributed by atoms with Gasteiger partial charge in [0.05, 0.1) is 0 Å². The first kappa shape index (κ1) is 14.4. The lowest BCUT2D eigenvalue weighted by Crippen LogP contribution is -2.27. The topological polar surface area (TPSA) is 100 Å². The summed E-state index contributed by atoms with van der Waals surface area (Å²) in [6, 6.07) is 0. The first-order chi connectivity index (χ1) is 7.70. The average molecular weight is 231 g/mol. The molecule has 7 nitrogen and oxygen atoms in total. The van der Waals surface area contributed by atoms with Crippen molar-refractivity contribution in [2.45, 2.75) is 12.8 Å². The third-order valence-electron chi connectivity index (χ3n) is 1.62. The smallest absolute Gasteiger partial charge is 0.265 e. The van der Waals surface area contributed by atoms with Gasteiger partial charge in [-0.2, -0.15) is 0 Å². The van der Waals surface area contributed by atoms with Gasteiger partial charge in [-0.15, -0.1) is 0 Å². The van der Waals surface area contributed by atoms with E-state index in [1.54, 1.807) is 0 Å². The van der Waals surface area contributed by atoms with E-state index in [0.29, 0.717) is 19.6 Å². The van der Waals surface area contributed by atoms with Crippen LogP contribution in [-0.2, 0) is 14.4 Å². The van der Waals surface area contributed by atoms with Crippen molar-refractivity contribution in [3.8, 4) is 0 Å². The Balaban J connectivity index is 3.24. The molecule has 0 bridgehead atoms. The van der Waals surface area contributed by atoms with E-state index in [1.807, 2.05) is 0 Å². The summed E-state index contributed by atoms with van der Waals surface area (Å²) < 4.78 is 0. The molecule has 92 valence electrons. The summed E-state index contributed by atoms with van der Waals surface area (Å²) in [6.07, 6.45) is 2.48. The molecule has 0 saturated heterocycles. The molecule has 0 aromatic heterocycles. The summed E-state index contributed by atoms with van der Waals surface area (Å²) in [5, 5.41) is 16.7. The summed E-state index contributed by atoms with van der Waals surface area (Å²) in [5.41, 5.74) is 0. The molecule has 7 heteroatoms. The number of nitrogens with one attached hydrogen (secondary N) is 2. The molecule has 0 aromatic carbocycles. The fourth-order valence-corrected chi connectivity index (χ4v) is 0.778. The number of nitrogens with zero attached hydrogens (tertiary/aromatic N) is 1. The van der Waals surface area contributed by atoms with Crippen molar-refractivity contribution in [3.63, 3.8) is 0 Å². The Bertz CT molecular complexity index is 243. The summed E-state index contributed by atoms with van der Waals surface area (Å²) in [4.78, 5) is 26.0. The van der Waals surface area contributed by atoms with E-state index >= 15 is 0 Å². The van der Waals surface area contributed by atoms with Crippen LogP contribution in [0.25, 0.3) is 0 Å². The predicted octanol–water partition coefficient (Wildman–Crippen LogP) is -1.38. The van der Waals surface area contributed by atoms with Gasteiger partial charge in [-0.25, -0.2) is 0 Å². The van der Waals surface area contributed by atoms with Crippen molar-refractivity contribution in [3.05, 3.63) is 0 Å². The number of aliphatic hydroxyl groups excluding tert-OH is 1. The molecular formula is C9H17N3O4. The standard InChI is InChI=1S/C9H17N3O4/c1-10-8(14)6-12-16-5-3-2-4-11-9(15)7-13/h6,13H,2-5,7H2,1H3,(H,10,14)(H,11,15)/b12-6-. The van der Waals surface area contributed by atoms with Gasteiger partial charge in [0, 0.05) is 13.6 Å². The Morgan fingerprint density at radius 2 is 2.19 bits per heavy atom. The van der Waals surface area contributed by atoms with Gasteiger partial charge in [-0.1, -0.05) is 5.16 Å². The minimum atomic E-state index is -0.493. The van der Waals surface area contributed by atoms with Crippen LogP contribution in [-0.4, -0.2) is 49.9 Å². The maximum absolute atomic E-state index is 10.6. The molecule has 0 spiro atoms. The molecule has 0 heterocycles. The molecule has 0 saturated carbocycles. The SMILES string of the molecule is CNC(=O)/C=N\OCCCCNC(=O)CO. The van der Waals surface area contributed by atoms with E-state index < -0.39 is 12.5 Å². The maximum Gasteiger partial charge on any atom is 0.265 e. The van der Waals surface area contributed by atoms with E-state index in [-0.39, 0.29) is 5.91 Å². The Hall–Kier alpha value is -1.63. The molecule has 0 aliphatic heterocycles. The minimum absolute atomic E-state index is 0.324. The highest BCUT2D eigenvalue weighted by Crippen LogP contribution is 1.88. The fraction of sp³-hybridized carbons (Fsp3) is 0.667. The van der Waals surface area contributed by atoms with Gasteiger partial charge in [0.1, 0.15) is 19.4 Å². The number of carbonyl (C=O) groups is 2. The zero-order valence-electron chi connectivity index (χ0n) is 9.23. The number of carbonyl (C=O) groups excluding carboxylic acids is 2. The number of hydrogen-bond acceptors (Lipinski definition) is 5. The van der Waals surface area contributed by atoms with Crippen LogP contribution >= 0.6 is 0 Å². The number of hydrogen-bond donors (Lipinski definition) is 3. The molecule has 16 heavy (non-hydrogen) atoms. The fourth-order valence-electron chi connectivity index (χ4n) is 0.778. The summed E-state index contributed by atoms with van der Waals surface area (Å²) in [6.45, 7) is 0.372. The molecule has 0 atom stereocenters. The van der Waals surface area contributed by atoms with E-state index in [2.05, 4.69) is 15.8 Å². The molecule has 0 radical (unpaired) electrons. The molecule has 0 unspecified atom stereocenters. The average Bonchev–Trinajstić information content (AvgIpc) is 2.31. The molecule has 0 fully saturated rings. The second kappa shape index (κ2) is 9.91. The van der Waals surface area contributed by atoms with Crippen molar-refractivity contribution in [1.82, 2.24) is 10.6 Å². The Morgan fingerprint density at radius 1 is 1.44 bits per heavy atom. The normalized spacial score (nSPS) is 10.1. The molecule has 3 N–H and O–H groups in total. The number of oxime groups is 1. The maximum atomic E-state index is 10.6. The monoisotopic (exact) mass is 231 g/mol. The quantitative estimate of drug-likeness (QED) is 0.272. The molecule has 2 amide bonds. The van der Waals surface area contributed by atoms with Gasteiger partial charge >= 0.3 is 0 Å². The number of rotatable bonds is 8. The molecular weight excluding hydrogens is 214 g/mol. The number of amides is 2. The van der Waals surface area contributed by atoms with Crippen molar-refractivity contribution in [1.29, 1.82) is 0 Å². The van der Waals surface area contributed by atoms with Crippen molar-refractivity contribution in [2.24, 2.45) is 5.16 Å². The highest BCUT2D eigenvalue weighted by atomic mass is 16.6. The van der Waals surface area contributed by atoms with E-state index in [1.165, 1.54) is 7.05 Å². The first-order valence-corrected chi connectivity index (χ1v) is 4.95. The van der Waals surface area contributed by atoms with Gasteiger partial charge in [0.15, 0.2) is 0 Å². The van der Waals surface area contributed by atoms with Crippen molar-refractivity contribution < 1.29 is 19.5 Å². The number of unbranched alkanes of at least 4 members (excludes halogenated alkanes) is 1. The Morgan fingerprint density at radius 3 is 2.81 bits per heavy atom. The highest BCUT2D eigenvalue weighted by Gasteiger charge is 1.96. The van der Waals surface area contributed by atoms with E-state index in [0.717, 1.165) is 12.6 Å². The second-order valence-electron chi connectivity index (χ2n) is 2.90. The zero-order valence-corrected chi connectivity index (χ0v) is 9.23. The van der Waals surface area contributed by atoms with Crippen LogP contribution in [0.1, 0.15) is 12.8 Å². The summed E-state index contributed by atoms with van der Waals surface area (Å²) >= 11 is 0. The molecule has 0 aromatic rings. The van der Waals surface area contributed by atoms with Crippen LogP contribution in [0.2, 0.25) is 0 Å². The zero-order chi connectivity index (χ0) is 12.2. The van der Waals surface area contributed by atoms with Gasteiger partial charge in [-0.05, 0) is 12.8 Å². The van der Waals surface area contributed by atoms with Gasteiger partial charge in [0.2, 0.25) is 5.91 Å².